The molecule has 8 nitrogen and oxygen atoms in total. The number of aliphatic imine (C=N–C) groups is 1. The summed E-state index contributed by atoms with van der Waals surface area (Å²) in [4.78, 5) is 42.6. The van der Waals surface area contributed by atoms with Gasteiger partial charge in [-0.1, -0.05) is 31.5 Å². The third-order valence-electron chi connectivity index (χ3n) is 4.24. The lowest BCUT2D eigenvalue weighted by Gasteiger charge is -2.29. The molecule has 2 atom stereocenters. The molecule has 0 saturated heterocycles. The van der Waals surface area contributed by atoms with E-state index in [9.17, 15) is 14.4 Å². The van der Waals surface area contributed by atoms with Gasteiger partial charge in [-0.05, 0) is 44.2 Å². The van der Waals surface area contributed by atoms with Gasteiger partial charge in [0.25, 0.3) is 5.91 Å². The molecule has 8 heteroatoms. The minimum Gasteiger partial charge on any atom is -0.370 e. The van der Waals surface area contributed by atoms with Crippen LogP contribution in [0.3, 0.4) is 0 Å². The van der Waals surface area contributed by atoms with Crippen LogP contribution in [-0.2, 0) is 9.59 Å². The van der Waals surface area contributed by atoms with E-state index in [1.165, 1.54) is 0 Å². The van der Waals surface area contributed by atoms with Gasteiger partial charge in [0.1, 0.15) is 6.29 Å². The second-order valence-corrected chi connectivity index (χ2v) is 7.27. The van der Waals surface area contributed by atoms with Crippen LogP contribution in [0.4, 0.5) is 0 Å². The highest BCUT2D eigenvalue weighted by Crippen LogP contribution is 2.16. The highest BCUT2D eigenvalue weighted by molar-refractivity contribution is 6.07. The second kappa shape index (κ2) is 11.2. The quantitative estimate of drug-likeness (QED) is 0.235. The van der Waals surface area contributed by atoms with E-state index in [1.807, 2.05) is 20.8 Å². The lowest BCUT2D eigenvalue weighted by Crippen LogP contribution is -2.52. The van der Waals surface area contributed by atoms with Crippen molar-refractivity contribution < 1.29 is 14.4 Å². The van der Waals surface area contributed by atoms with Crippen molar-refractivity contribution in [1.82, 2.24) is 4.90 Å². The van der Waals surface area contributed by atoms with Crippen molar-refractivity contribution in [2.24, 2.45) is 28.1 Å². The van der Waals surface area contributed by atoms with Gasteiger partial charge in [-0.3, -0.25) is 19.5 Å². The topological polar surface area (TPSA) is 145 Å². The number of carbonyl (C=O) groups excluding carboxylic acids is 3. The van der Waals surface area contributed by atoms with Gasteiger partial charge < -0.3 is 22.0 Å². The van der Waals surface area contributed by atoms with Crippen molar-refractivity contribution in [3.8, 4) is 0 Å². The fourth-order valence-electron chi connectivity index (χ4n) is 2.80. The van der Waals surface area contributed by atoms with E-state index in [4.69, 9.17) is 17.2 Å². The van der Waals surface area contributed by atoms with Gasteiger partial charge in [0.15, 0.2) is 5.96 Å². The van der Waals surface area contributed by atoms with Gasteiger partial charge in [0, 0.05) is 12.1 Å². The van der Waals surface area contributed by atoms with E-state index >= 15 is 0 Å². The van der Waals surface area contributed by atoms with Gasteiger partial charge in [-0.15, -0.1) is 0 Å². The van der Waals surface area contributed by atoms with Crippen LogP contribution in [0.1, 0.15) is 49.0 Å². The number of hydrogen-bond donors (Lipinski definition) is 3. The van der Waals surface area contributed by atoms with E-state index < -0.39 is 23.9 Å². The lowest BCUT2D eigenvalue weighted by molar-refractivity contribution is -0.135. The number of nitrogens with two attached hydrogens (primary N) is 3. The zero-order valence-electron chi connectivity index (χ0n) is 16.8. The molecule has 0 aromatic heterocycles. The number of hydrogen-bond acceptors (Lipinski definition) is 5. The first-order chi connectivity index (χ1) is 13.2. The number of rotatable bonds is 10. The van der Waals surface area contributed by atoms with Crippen molar-refractivity contribution in [2.75, 3.05) is 6.54 Å². The summed E-state index contributed by atoms with van der Waals surface area (Å²) in [5.74, 6) is -0.974. The molecular weight excluding hydrogens is 358 g/mol. The highest BCUT2D eigenvalue weighted by Gasteiger charge is 2.33. The molecule has 1 aromatic rings. The van der Waals surface area contributed by atoms with Gasteiger partial charge in [-0.2, -0.15) is 0 Å². The summed E-state index contributed by atoms with van der Waals surface area (Å²) in [6, 6.07) is 5.01. The van der Waals surface area contributed by atoms with E-state index in [0.717, 1.165) is 10.5 Å². The lowest BCUT2D eigenvalue weighted by atomic mass is 10.0. The van der Waals surface area contributed by atoms with Crippen LogP contribution in [0, 0.1) is 12.8 Å². The Hall–Kier alpha value is -2.74. The summed E-state index contributed by atoms with van der Waals surface area (Å²) in [5, 5.41) is 0. The van der Waals surface area contributed by atoms with Crippen LogP contribution < -0.4 is 17.2 Å². The molecule has 28 heavy (non-hydrogen) atoms. The standard InChI is InChI=1S/C20H31N5O3/c1-13(2)11-17(21)19(28)25(16(12-26)5-4-10-24-20(22)23)18(27)15-8-6-14(3)7-9-15/h6-9,12-13,16-17H,4-5,10-11,21H2,1-3H3,(H4,22,23,24)/t16-,17-/m0/s1. The molecule has 0 radical (unpaired) electrons. The summed E-state index contributed by atoms with van der Waals surface area (Å²) in [7, 11) is 0. The molecule has 0 aliphatic heterocycles. The fourth-order valence-corrected chi connectivity index (χ4v) is 2.80. The maximum atomic E-state index is 13.1. The molecule has 154 valence electrons. The molecule has 0 unspecified atom stereocenters. The average Bonchev–Trinajstić information content (AvgIpc) is 2.63. The van der Waals surface area contributed by atoms with Crippen molar-refractivity contribution in [1.29, 1.82) is 0 Å². The molecule has 0 spiro atoms. The van der Waals surface area contributed by atoms with E-state index in [0.29, 0.717) is 31.2 Å². The Morgan fingerprint density at radius 2 is 1.79 bits per heavy atom. The predicted molar refractivity (Wildman–Crippen MR) is 110 cm³/mol. The highest BCUT2D eigenvalue weighted by atomic mass is 16.2. The van der Waals surface area contributed by atoms with Gasteiger partial charge >= 0.3 is 0 Å². The van der Waals surface area contributed by atoms with Crippen molar-refractivity contribution in [2.45, 2.75) is 52.1 Å². The van der Waals surface area contributed by atoms with Crippen LogP contribution >= 0.6 is 0 Å². The first-order valence-electron chi connectivity index (χ1n) is 9.37. The number of aldehydes is 1. The predicted octanol–water partition coefficient (Wildman–Crippen LogP) is 0.958. The molecule has 2 amide bonds. The molecule has 0 saturated carbocycles. The Balaban J connectivity index is 3.11. The molecule has 1 rings (SSSR count). The summed E-state index contributed by atoms with van der Waals surface area (Å²) in [5.41, 5.74) is 17.9. The maximum absolute atomic E-state index is 13.1. The van der Waals surface area contributed by atoms with Crippen molar-refractivity contribution >= 4 is 24.1 Å². The minimum atomic E-state index is -0.936. The van der Waals surface area contributed by atoms with Crippen LogP contribution in [0.2, 0.25) is 0 Å². The smallest absolute Gasteiger partial charge is 0.261 e. The third-order valence-corrected chi connectivity index (χ3v) is 4.24. The average molecular weight is 390 g/mol. The molecule has 0 heterocycles. The van der Waals surface area contributed by atoms with E-state index in [-0.39, 0.29) is 18.3 Å². The van der Waals surface area contributed by atoms with Crippen LogP contribution in [0.25, 0.3) is 0 Å². The number of imide groups is 1. The number of amides is 2. The zero-order valence-corrected chi connectivity index (χ0v) is 16.8. The molecule has 0 aliphatic rings. The Labute approximate surface area is 166 Å². The molecule has 6 N–H and O–H groups in total. The monoisotopic (exact) mass is 389 g/mol. The zero-order chi connectivity index (χ0) is 21.3. The third kappa shape index (κ3) is 7.11. The SMILES string of the molecule is Cc1ccc(C(=O)N(C(=O)[C@@H](N)CC(C)C)[C@H](C=O)CCCN=C(N)N)cc1. The van der Waals surface area contributed by atoms with Gasteiger partial charge in [0.05, 0.1) is 12.1 Å². The number of aryl methyl sites for hydroxylation is 1. The minimum absolute atomic E-state index is 0.0507. The van der Waals surface area contributed by atoms with Crippen molar-refractivity contribution in [3.05, 3.63) is 35.4 Å². The molecule has 0 fully saturated rings. The number of carbonyl (C=O) groups is 3. The summed E-state index contributed by atoms with van der Waals surface area (Å²) in [6.45, 7) is 6.07. The van der Waals surface area contributed by atoms with Crippen LogP contribution in [0.5, 0.6) is 0 Å². The van der Waals surface area contributed by atoms with E-state index in [2.05, 4.69) is 4.99 Å². The maximum Gasteiger partial charge on any atom is 0.261 e. The summed E-state index contributed by atoms with van der Waals surface area (Å²) >= 11 is 0. The second-order valence-electron chi connectivity index (χ2n) is 7.27. The molecule has 0 aliphatic carbocycles. The van der Waals surface area contributed by atoms with Crippen LogP contribution in [0.15, 0.2) is 29.3 Å². The number of guanidine groups is 1. The number of benzene rings is 1. The van der Waals surface area contributed by atoms with Gasteiger partial charge in [-0.25, -0.2) is 0 Å². The Bertz CT molecular complexity index is 696. The van der Waals surface area contributed by atoms with Gasteiger partial charge in [0.2, 0.25) is 5.91 Å². The Morgan fingerprint density at radius 1 is 1.18 bits per heavy atom. The normalized spacial score (nSPS) is 12.9. The first-order valence-corrected chi connectivity index (χ1v) is 9.37. The first kappa shape index (κ1) is 23.3. The molecule has 0 bridgehead atoms. The summed E-state index contributed by atoms with van der Waals surface area (Å²) in [6.07, 6.45) is 1.70. The van der Waals surface area contributed by atoms with E-state index in [1.54, 1.807) is 24.3 Å². The fraction of sp³-hybridized carbons (Fsp3) is 0.500. The largest absolute Gasteiger partial charge is 0.370 e. The van der Waals surface area contributed by atoms with Crippen LogP contribution in [-0.4, -0.2) is 47.6 Å². The molecular formula is C20H31N5O3. The van der Waals surface area contributed by atoms with Crippen molar-refractivity contribution in [3.63, 3.8) is 0 Å². The Morgan fingerprint density at radius 3 is 2.29 bits per heavy atom. The Kier molecular flexibility index (Phi) is 9.31. The summed E-state index contributed by atoms with van der Waals surface area (Å²) < 4.78 is 0. The number of nitrogens with zero attached hydrogens (tertiary/aromatic N) is 2. The molecule has 1 aromatic carbocycles.